The predicted octanol–water partition coefficient (Wildman–Crippen LogP) is 2.93. The second-order valence-electron chi connectivity index (χ2n) is 4.68. The van der Waals surface area contributed by atoms with Gasteiger partial charge in [-0.3, -0.25) is 4.79 Å². The van der Waals surface area contributed by atoms with Crippen molar-refractivity contribution in [1.29, 1.82) is 0 Å². The van der Waals surface area contributed by atoms with Gasteiger partial charge in [0.1, 0.15) is 11.9 Å². The lowest BCUT2D eigenvalue weighted by molar-refractivity contribution is 0.0644. The van der Waals surface area contributed by atoms with E-state index in [9.17, 15) is 4.79 Å². The molecule has 19 heavy (non-hydrogen) atoms. The Kier molecular flexibility index (Phi) is 3.25. The first-order chi connectivity index (χ1) is 9.31. The summed E-state index contributed by atoms with van der Waals surface area (Å²) in [4.78, 5) is 15.6. The maximum Gasteiger partial charge on any atom is 0.193 e. The number of fused-ring (bicyclic) bond motifs is 1. The Labute approximate surface area is 111 Å². The Balaban J connectivity index is 2.05. The highest BCUT2D eigenvalue weighted by Gasteiger charge is 2.27. The lowest BCUT2D eigenvalue weighted by Crippen LogP contribution is -2.19. The van der Waals surface area contributed by atoms with Crippen LogP contribution in [0.3, 0.4) is 0 Å². The molecule has 3 rings (SSSR count). The number of benzene rings is 1. The van der Waals surface area contributed by atoms with Crippen LogP contribution in [0.4, 0.5) is 0 Å². The average Bonchev–Trinajstić information content (AvgIpc) is 3.08. The number of hydrogen-bond donors (Lipinski definition) is 1. The third kappa shape index (κ3) is 2.12. The number of rotatable bonds is 4. The minimum Gasteiger partial charge on any atom is -0.493 e. The molecule has 100 valence electrons. The molecule has 1 aliphatic heterocycles. The SMILES string of the molecule is CCOc1cccc2[nH]cc(C(=O)C3CCCO3)c12. The number of aromatic nitrogens is 1. The van der Waals surface area contributed by atoms with Gasteiger partial charge in [-0.15, -0.1) is 0 Å². The highest BCUT2D eigenvalue weighted by Crippen LogP contribution is 2.31. The number of hydrogen-bond acceptors (Lipinski definition) is 3. The van der Waals surface area contributed by atoms with E-state index in [0.29, 0.717) is 18.8 Å². The van der Waals surface area contributed by atoms with Gasteiger partial charge in [0.05, 0.1) is 12.0 Å². The molecule has 0 amide bonds. The summed E-state index contributed by atoms with van der Waals surface area (Å²) in [6.07, 6.45) is 3.23. The first kappa shape index (κ1) is 12.2. The standard InChI is InChI=1S/C15H17NO3/c1-2-18-12-6-3-5-11-14(12)10(9-16-11)15(17)13-7-4-8-19-13/h3,5-6,9,13,16H,2,4,7-8H2,1H3. The van der Waals surface area contributed by atoms with Gasteiger partial charge in [0.15, 0.2) is 5.78 Å². The number of ketones is 1. The fourth-order valence-electron chi connectivity index (χ4n) is 2.58. The van der Waals surface area contributed by atoms with E-state index in [2.05, 4.69) is 4.98 Å². The Hall–Kier alpha value is -1.81. The minimum absolute atomic E-state index is 0.0518. The second kappa shape index (κ2) is 5.05. The lowest BCUT2D eigenvalue weighted by Gasteiger charge is -2.09. The van der Waals surface area contributed by atoms with E-state index in [4.69, 9.17) is 9.47 Å². The highest BCUT2D eigenvalue weighted by atomic mass is 16.5. The van der Waals surface area contributed by atoms with E-state index in [0.717, 1.165) is 29.5 Å². The van der Waals surface area contributed by atoms with Crippen molar-refractivity contribution in [3.63, 3.8) is 0 Å². The summed E-state index contributed by atoms with van der Waals surface area (Å²) in [7, 11) is 0. The van der Waals surface area contributed by atoms with Crippen LogP contribution in [0.1, 0.15) is 30.1 Å². The summed E-state index contributed by atoms with van der Waals surface area (Å²) in [5.41, 5.74) is 1.60. The van der Waals surface area contributed by atoms with Crippen LogP contribution in [0.5, 0.6) is 5.75 Å². The molecule has 0 spiro atoms. The van der Waals surface area contributed by atoms with Crippen LogP contribution >= 0.6 is 0 Å². The van der Waals surface area contributed by atoms with Gasteiger partial charge in [-0.05, 0) is 31.9 Å². The van der Waals surface area contributed by atoms with Crippen molar-refractivity contribution in [1.82, 2.24) is 4.98 Å². The van der Waals surface area contributed by atoms with Gasteiger partial charge in [0.2, 0.25) is 0 Å². The number of nitrogens with one attached hydrogen (secondary N) is 1. The minimum atomic E-state index is -0.298. The molecule has 1 fully saturated rings. The monoisotopic (exact) mass is 259 g/mol. The molecule has 2 aromatic rings. The van der Waals surface area contributed by atoms with Gasteiger partial charge in [0.25, 0.3) is 0 Å². The molecule has 1 N–H and O–H groups in total. The molecular weight excluding hydrogens is 242 g/mol. The van der Waals surface area contributed by atoms with Crippen LogP contribution in [0.15, 0.2) is 24.4 Å². The third-order valence-electron chi connectivity index (χ3n) is 3.45. The number of Topliss-reactive ketones (excluding diaryl/α,β-unsaturated/α-hetero) is 1. The fourth-order valence-corrected chi connectivity index (χ4v) is 2.58. The molecule has 4 nitrogen and oxygen atoms in total. The zero-order valence-electron chi connectivity index (χ0n) is 10.9. The van der Waals surface area contributed by atoms with Crippen molar-refractivity contribution in [3.05, 3.63) is 30.0 Å². The zero-order chi connectivity index (χ0) is 13.2. The number of carbonyl (C=O) groups excluding carboxylic acids is 1. The first-order valence-electron chi connectivity index (χ1n) is 6.70. The fraction of sp³-hybridized carbons (Fsp3) is 0.400. The normalized spacial score (nSPS) is 18.9. The van der Waals surface area contributed by atoms with E-state index < -0.39 is 0 Å². The lowest BCUT2D eigenvalue weighted by atomic mass is 10.0. The summed E-state index contributed by atoms with van der Waals surface area (Å²) in [6.45, 7) is 3.20. The average molecular weight is 259 g/mol. The maximum absolute atomic E-state index is 12.5. The summed E-state index contributed by atoms with van der Waals surface area (Å²) >= 11 is 0. The molecule has 0 saturated carbocycles. The molecular formula is C15H17NO3. The van der Waals surface area contributed by atoms with Gasteiger partial charge in [0, 0.05) is 23.9 Å². The second-order valence-corrected chi connectivity index (χ2v) is 4.68. The summed E-state index contributed by atoms with van der Waals surface area (Å²) in [6, 6.07) is 5.76. The van der Waals surface area contributed by atoms with Gasteiger partial charge < -0.3 is 14.5 Å². The Morgan fingerprint density at radius 3 is 3.16 bits per heavy atom. The van der Waals surface area contributed by atoms with Crippen molar-refractivity contribution >= 4 is 16.7 Å². The van der Waals surface area contributed by atoms with E-state index in [-0.39, 0.29) is 11.9 Å². The van der Waals surface area contributed by atoms with Crippen LogP contribution in [-0.4, -0.2) is 30.1 Å². The van der Waals surface area contributed by atoms with Crippen molar-refractivity contribution in [2.75, 3.05) is 13.2 Å². The predicted molar refractivity (Wildman–Crippen MR) is 72.8 cm³/mol. The molecule has 0 bridgehead atoms. The van der Waals surface area contributed by atoms with Crippen LogP contribution in [0.25, 0.3) is 10.9 Å². The molecule has 2 heterocycles. The smallest absolute Gasteiger partial charge is 0.193 e. The molecule has 1 aliphatic rings. The molecule has 1 atom stereocenters. The van der Waals surface area contributed by atoms with Gasteiger partial charge in [-0.25, -0.2) is 0 Å². The van der Waals surface area contributed by atoms with Crippen molar-refractivity contribution in [3.8, 4) is 5.75 Å². The molecule has 1 aromatic heterocycles. The summed E-state index contributed by atoms with van der Waals surface area (Å²) in [5.74, 6) is 0.804. The summed E-state index contributed by atoms with van der Waals surface area (Å²) < 4.78 is 11.1. The third-order valence-corrected chi connectivity index (χ3v) is 3.45. The van der Waals surface area contributed by atoms with Crippen LogP contribution in [0.2, 0.25) is 0 Å². The molecule has 0 radical (unpaired) electrons. The number of H-pyrrole nitrogens is 1. The Morgan fingerprint density at radius 2 is 2.42 bits per heavy atom. The molecule has 0 aliphatic carbocycles. The Morgan fingerprint density at radius 1 is 1.53 bits per heavy atom. The number of aromatic amines is 1. The van der Waals surface area contributed by atoms with Crippen molar-refractivity contribution < 1.29 is 14.3 Å². The van der Waals surface area contributed by atoms with Gasteiger partial charge in [-0.2, -0.15) is 0 Å². The molecule has 1 aromatic carbocycles. The van der Waals surface area contributed by atoms with Gasteiger partial charge >= 0.3 is 0 Å². The highest BCUT2D eigenvalue weighted by molar-refractivity contribution is 6.11. The van der Waals surface area contributed by atoms with E-state index in [1.165, 1.54) is 0 Å². The van der Waals surface area contributed by atoms with E-state index >= 15 is 0 Å². The van der Waals surface area contributed by atoms with E-state index in [1.54, 1.807) is 6.20 Å². The zero-order valence-corrected chi connectivity index (χ0v) is 10.9. The van der Waals surface area contributed by atoms with Crippen molar-refractivity contribution in [2.45, 2.75) is 25.9 Å². The Bertz CT molecular complexity index is 596. The van der Waals surface area contributed by atoms with Gasteiger partial charge in [-0.1, -0.05) is 6.07 Å². The quantitative estimate of drug-likeness (QED) is 0.859. The van der Waals surface area contributed by atoms with Crippen LogP contribution in [-0.2, 0) is 4.74 Å². The van der Waals surface area contributed by atoms with E-state index in [1.807, 2.05) is 25.1 Å². The summed E-state index contributed by atoms with van der Waals surface area (Å²) in [5, 5.41) is 0.866. The first-order valence-corrected chi connectivity index (χ1v) is 6.70. The van der Waals surface area contributed by atoms with Crippen LogP contribution in [0, 0.1) is 0 Å². The largest absolute Gasteiger partial charge is 0.493 e. The maximum atomic E-state index is 12.5. The molecule has 4 heteroatoms. The van der Waals surface area contributed by atoms with Crippen LogP contribution < -0.4 is 4.74 Å². The topological polar surface area (TPSA) is 51.3 Å². The molecule has 1 saturated heterocycles. The number of ether oxygens (including phenoxy) is 2. The molecule has 1 unspecified atom stereocenters. The number of carbonyl (C=O) groups is 1. The van der Waals surface area contributed by atoms with Crippen molar-refractivity contribution in [2.24, 2.45) is 0 Å².